The van der Waals surface area contributed by atoms with E-state index >= 15 is 0 Å². The quantitative estimate of drug-likeness (QED) is 0.533. The van der Waals surface area contributed by atoms with E-state index in [0.29, 0.717) is 12.5 Å². The maximum absolute atomic E-state index is 9.34. The molecule has 0 radical (unpaired) electrons. The monoisotopic (exact) mass is 205 g/mol. The molecule has 86 valence electrons. The molecule has 0 rings (SSSR count). The highest BCUT2D eigenvalue weighted by Gasteiger charge is 2.33. The molecule has 0 unspecified atom stereocenters. The van der Waals surface area contributed by atoms with E-state index < -0.39 is 5.54 Å². The first kappa shape index (κ1) is 13.8. The molecule has 0 aromatic rings. The van der Waals surface area contributed by atoms with E-state index in [1.165, 1.54) is 0 Å². The van der Waals surface area contributed by atoms with Crippen molar-refractivity contribution in [1.82, 2.24) is 4.90 Å². The van der Waals surface area contributed by atoms with E-state index in [9.17, 15) is 10.2 Å². The summed E-state index contributed by atoms with van der Waals surface area (Å²) in [7, 11) is 1.81. The van der Waals surface area contributed by atoms with E-state index in [1.807, 2.05) is 25.8 Å². The minimum absolute atomic E-state index is 0.0380. The maximum atomic E-state index is 9.34. The van der Waals surface area contributed by atoms with Crippen molar-refractivity contribution < 1.29 is 15.3 Å². The number of hydrogen-bond donors (Lipinski definition) is 3. The van der Waals surface area contributed by atoms with Gasteiger partial charge in [-0.25, -0.2) is 0 Å². The van der Waals surface area contributed by atoms with Crippen LogP contribution >= 0.6 is 0 Å². The van der Waals surface area contributed by atoms with Gasteiger partial charge in [-0.05, 0) is 19.4 Å². The van der Waals surface area contributed by atoms with Crippen LogP contribution in [0, 0.1) is 5.92 Å². The molecule has 0 saturated heterocycles. The number of likely N-dealkylation sites (N-methyl/N-ethyl adjacent to an activating group) is 1. The Morgan fingerprint density at radius 2 is 1.64 bits per heavy atom. The molecule has 3 N–H and O–H groups in total. The van der Waals surface area contributed by atoms with Crippen LogP contribution in [0.1, 0.15) is 20.3 Å². The van der Waals surface area contributed by atoms with E-state index in [1.54, 1.807) is 0 Å². The molecule has 0 spiro atoms. The van der Waals surface area contributed by atoms with Crippen LogP contribution < -0.4 is 0 Å². The summed E-state index contributed by atoms with van der Waals surface area (Å²) in [6.45, 7) is 4.43. The van der Waals surface area contributed by atoms with Gasteiger partial charge in [0.25, 0.3) is 0 Å². The number of β-amino-alcohol motifs (C(OH)–C–C–N with tert-alkyl or cyclic N) is 1. The van der Waals surface area contributed by atoms with Crippen molar-refractivity contribution in [3.05, 3.63) is 0 Å². The smallest absolute Gasteiger partial charge is 0.0673 e. The van der Waals surface area contributed by atoms with Crippen molar-refractivity contribution >= 4 is 0 Å². The first-order chi connectivity index (χ1) is 6.52. The lowest BCUT2D eigenvalue weighted by Gasteiger charge is -2.40. The summed E-state index contributed by atoms with van der Waals surface area (Å²) in [6.07, 6.45) is 0.719. The first-order valence-electron chi connectivity index (χ1n) is 5.06. The number of rotatable bonds is 7. The summed E-state index contributed by atoms with van der Waals surface area (Å²) in [6, 6.07) is 0. The second-order valence-electron chi connectivity index (χ2n) is 4.28. The fraction of sp³-hybridized carbons (Fsp3) is 1.00. The van der Waals surface area contributed by atoms with Gasteiger partial charge in [-0.2, -0.15) is 0 Å². The summed E-state index contributed by atoms with van der Waals surface area (Å²) >= 11 is 0. The van der Waals surface area contributed by atoms with Crippen LogP contribution in [-0.2, 0) is 0 Å². The third-order valence-electron chi connectivity index (χ3n) is 2.62. The van der Waals surface area contributed by atoms with Crippen molar-refractivity contribution in [2.75, 3.05) is 33.4 Å². The van der Waals surface area contributed by atoms with Gasteiger partial charge in [0.05, 0.1) is 25.4 Å². The van der Waals surface area contributed by atoms with Gasteiger partial charge >= 0.3 is 0 Å². The molecule has 0 saturated carbocycles. The van der Waals surface area contributed by atoms with Gasteiger partial charge in [-0.3, -0.25) is 4.90 Å². The fourth-order valence-electron chi connectivity index (χ4n) is 1.72. The Balaban J connectivity index is 4.49. The Morgan fingerprint density at radius 1 is 1.14 bits per heavy atom. The molecule has 14 heavy (non-hydrogen) atoms. The van der Waals surface area contributed by atoms with E-state index in [-0.39, 0.29) is 19.8 Å². The topological polar surface area (TPSA) is 63.9 Å². The predicted molar refractivity (Wildman–Crippen MR) is 56.1 cm³/mol. The largest absolute Gasteiger partial charge is 0.395 e. The highest BCUT2D eigenvalue weighted by Crippen LogP contribution is 2.22. The highest BCUT2D eigenvalue weighted by molar-refractivity contribution is 4.89. The average Bonchev–Trinajstić information content (AvgIpc) is 2.14. The van der Waals surface area contributed by atoms with Gasteiger partial charge in [0, 0.05) is 6.54 Å². The Morgan fingerprint density at radius 3 is 1.93 bits per heavy atom. The van der Waals surface area contributed by atoms with Gasteiger partial charge in [0.15, 0.2) is 0 Å². The summed E-state index contributed by atoms with van der Waals surface area (Å²) in [4.78, 5) is 1.83. The fourth-order valence-corrected chi connectivity index (χ4v) is 1.72. The standard InChI is InChI=1S/C10H23NO3/c1-9(2)6-10(7-13,8-14)11(3)4-5-12/h9,12-14H,4-8H2,1-3H3. The highest BCUT2D eigenvalue weighted by atomic mass is 16.3. The molecule has 0 heterocycles. The lowest BCUT2D eigenvalue weighted by molar-refractivity contribution is -0.0185. The first-order valence-corrected chi connectivity index (χ1v) is 5.06. The molecular weight excluding hydrogens is 182 g/mol. The molecule has 0 aromatic heterocycles. The summed E-state index contributed by atoms with van der Waals surface area (Å²) < 4.78 is 0. The number of nitrogens with zero attached hydrogens (tertiary/aromatic N) is 1. The normalized spacial score (nSPS) is 12.9. The number of aliphatic hydroxyl groups excluding tert-OH is 3. The van der Waals surface area contributed by atoms with Crippen LogP contribution in [0.2, 0.25) is 0 Å². The molecule has 4 heteroatoms. The van der Waals surface area contributed by atoms with Crippen LogP contribution in [0.15, 0.2) is 0 Å². The Labute approximate surface area is 86.2 Å². The van der Waals surface area contributed by atoms with Crippen LogP contribution in [0.4, 0.5) is 0 Å². The molecule has 0 atom stereocenters. The Hall–Kier alpha value is -0.160. The SMILES string of the molecule is CC(C)CC(CO)(CO)N(C)CCO. The van der Waals surface area contributed by atoms with E-state index in [2.05, 4.69) is 0 Å². The van der Waals surface area contributed by atoms with Crippen LogP contribution in [-0.4, -0.2) is 59.2 Å². The van der Waals surface area contributed by atoms with E-state index in [4.69, 9.17) is 5.11 Å². The van der Waals surface area contributed by atoms with Gasteiger partial charge in [0.1, 0.15) is 0 Å². The van der Waals surface area contributed by atoms with Gasteiger partial charge < -0.3 is 15.3 Å². The predicted octanol–water partition coefficient (Wildman–Crippen LogP) is -0.320. The number of aliphatic hydroxyl groups is 3. The lowest BCUT2D eigenvalue weighted by Crippen LogP contribution is -2.54. The molecule has 4 nitrogen and oxygen atoms in total. The third kappa shape index (κ3) is 3.53. The van der Waals surface area contributed by atoms with Gasteiger partial charge in [0.2, 0.25) is 0 Å². The van der Waals surface area contributed by atoms with Crippen molar-refractivity contribution in [3.8, 4) is 0 Å². The lowest BCUT2D eigenvalue weighted by atomic mass is 9.89. The van der Waals surface area contributed by atoms with E-state index in [0.717, 1.165) is 6.42 Å². The third-order valence-corrected chi connectivity index (χ3v) is 2.62. The molecule has 0 aliphatic rings. The molecule has 0 aliphatic heterocycles. The molecule has 0 amide bonds. The molecule has 0 aliphatic carbocycles. The van der Waals surface area contributed by atoms with Crippen LogP contribution in [0.3, 0.4) is 0 Å². The molecule has 0 fully saturated rings. The zero-order valence-electron chi connectivity index (χ0n) is 9.40. The zero-order chi connectivity index (χ0) is 11.2. The molecule has 0 bridgehead atoms. The van der Waals surface area contributed by atoms with Crippen molar-refractivity contribution in [2.24, 2.45) is 5.92 Å². The average molecular weight is 205 g/mol. The van der Waals surface area contributed by atoms with Crippen molar-refractivity contribution in [2.45, 2.75) is 25.8 Å². The number of hydrogen-bond acceptors (Lipinski definition) is 4. The Bertz CT molecular complexity index is 146. The summed E-state index contributed by atoms with van der Waals surface area (Å²) in [5.41, 5.74) is -0.600. The minimum atomic E-state index is -0.600. The Kier molecular flexibility index (Phi) is 6.27. The second kappa shape index (κ2) is 6.35. The minimum Gasteiger partial charge on any atom is -0.395 e. The van der Waals surface area contributed by atoms with Gasteiger partial charge in [-0.1, -0.05) is 13.8 Å². The van der Waals surface area contributed by atoms with Gasteiger partial charge in [-0.15, -0.1) is 0 Å². The zero-order valence-corrected chi connectivity index (χ0v) is 9.40. The van der Waals surface area contributed by atoms with Crippen LogP contribution in [0.25, 0.3) is 0 Å². The van der Waals surface area contributed by atoms with Crippen molar-refractivity contribution in [1.29, 1.82) is 0 Å². The molecular formula is C10H23NO3. The maximum Gasteiger partial charge on any atom is 0.0673 e. The van der Waals surface area contributed by atoms with Crippen LogP contribution in [0.5, 0.6) is 0 Å². The summed E-state index contributed by atoms with van der Waals surface area (Å²) in [5, 5.41) is 27.5. The van der Waals surface area contributed by atoms with Crippen molar-refractivity contribution in [3.63, 3.8) is 0 Å². The summed E-state index contributed by atoms with van der Waals surface area (Å²) in [5.74, 6) is 0.399. The molecule has 0 aromatic carbocycles. The second-order valence-corrected chi connectivity index (χ2v) is 4.28.